The molecule has 3 N–H and O–H groups in total. The Bertz CT molecular complexity index is 355. The lowest BCUT2D eigenvalue weighted by molar-refractivity contribution is 0.0527. The maximum Gasteiger partial charge on any atom is 0.341 e. The van der Waals surface area contributed by atoms with Crippen molar-refractivity contribution < 1.29 is 9.53 Å². The maximum absolute atomic E-state index is 11.6. The molecule has 16 heavy (non-hydrogen) atoms. The molecular weight excluding hydrogens is 206 g/mol. The molecule has 0 fully saturated rings. The normalized spacial score (nSPS) is 11.9. The maximum atomic E-state index is 11.6. The quantitative estimate of drug-likeness (QED) is 0.729. The van der Waals surface area contributed by atoms with Gasteiger partial charge in [-0.2, -0.15) is 0 Å². The van der Waals surface area contributed by atoms with Gasteiger partial charge in [-0.25, -0.2) is 9.78 Å². The summed E-state index contributed by atoms with van der Waals surface area (Å²) in [7, 11) is 0. The summed E-state index contributed by atoms with van der Waals surface area (Å²) in [5.74, 6) is 0.140. The number of carbonyl (C=O) groups is 1. The largest absolute Gasteiger partial charge is 0.462 e. The fourth-order valence-electron chi connectivity index (χ4n) is 1.19. The van der Waals surface area contributed by atoms with Crippen molar-refractivity contribution in [2.24, 2.45) is 5.73 Å². The summed E-state index contributed by atoms with van der Waals surface area (Å²) in [6.45, 7) is 4.51. The number of nitrogens with one attached hydrogen (secondary N) is 1. The van der Waals surface area contributed by atoms with Crippen LogP contribution in [0, 0.1) is 0 Å². The van der Waals surface area contributed by atoms with Gasteiger partial charge in [-0.05, 0) is 26.0 Å². The molecule has 5 heteroatoms. The van der Waals surface area contributed by atoms with Gasteiger partial charge in [0.2, 0.25) is 0 Å². The molecule has 0 aromatic carbocycles. The molecule has 1 aromatic rings. The van der Waals surface area contributed by atoms with E-state index in [1.165, 1.54) is 0 Å². The molecule has 0 spiro atoms. The van der Waals surface area contributed by atoms with Crippen LogP contribution in [0.5, 0.6) is 0 Å². The summed E-state index contributed by atoms with van der Waals surface area (Å²) < 4.78 is 4.93. The number of ether oxygens (including phenoxy) is 1. The highest BCUT2D eigenvalue weighted by atomic mass is 16.5. The number of nitrogens with zero attached hydrogens (tertiary/aromatic N) is 1. The number of anilines is 1. The van der Waals surface area contributed by atoms with E-state index in [0.717, 1.165) is 0 Å². The third-order valence-corrected chi connectivity index (χ3v) is 2.04. The minimum atomic E-state index is -0.373. The summed E-state index contributed by atoms with van der Waals surface area (Å²) in [5.41, 5.74) is 5.93. The molecule has 0 radical (unpaired) electrons. The van der Waals surface area contributed by atoms with Crippen molar-refractivity contribution in [1.29, 1.82) is 0 Å². The average Bonchev–Trinajstić information content (AvgIpc) is 2.30. The zero-order valence-corrected chi connectivity index (χ0v) is 9.56. The van der Waals surface area contributed by atoms with E-state index in [1.807, 2.05) is 6.92 Å². The van der Waals surface area contributed by atoms with Crippen LogP contribution in [0.25, 0.3) is 0 Å². The zero-order valence-electron chi connectivity index (χ0n) is 9.56. The van der Waals surface area contributed by atoms with Crippen LogP contribution in [0.3, 0.4) is 0 Å². The van der Waals surface area contributed by atoms with Gasteiger partial charge in [0.15, 0.2) is 0 Å². The predicted octanol–water partition coefficient (Wildman–Crippen LogP) is 1.02. The van der Waals surface area contributed by atoms with E-state index >= 15 is 0 Å². The molecule has 0 bridgehead atoms. The van der Waals surface area contributed by atoms with Crippen molar-refractivity contribution >= 4 is 11.8 Å². The minimum absolute atomic E-state index is 0.0584. The molecule has 0 amide bonds. The van der Waals surface area contributed by atoms with E-state index in [4.69, 9.17) is 10.5 Å². The first-order chi connectivity index (χ1) is 7.69. The summed E-state index contributed by atoms with van der Waals surface area (Å²) in [6.07, 6.45) is 1.62. The number of rotatable bonds is 5. The van der Waals surface area contributed by atoms with E-state index in [9.17, 15) is 4.79 Å². The number of carbonyl (C=O) groups excluding carboxylic acids is 1. The Hall–Kier alpha value is -1.62. The molecule has 0 saturated heterocycles. The Labute approximate surface area is 95.0 Å². The van der Waals surface area contributed by atoms with Gasteiger partial charge in [0, 0.05) is 18.8 Å². The number of hydrogen-bond acceptors (Lipinski definition) is 5. The Morgan fingerprint density at radius 2 is 2.44 bits per heavy atom. The van der Waals surface area contributed by atoms with Crippen molar-refractivity contribution in [2.45, 2.75) is 19.9 Å². The highest BCUT2D eigenvalue weighted by molar-refractivity contribution is 5.94. The van der Waals surface area contributed by atoms with Crippen molar-refractivity contribution in [2.75, 3.05) is 18.5 Å². The van der Waals surface area contributed by atoms with Crippen LogP contribution < -0.4 is 11.1 Å². The molecule has 1 unspecified atom stereocenters. The van der Waals surface area contributed by atoms with E-state index in [1.54, 1.807) is 25.3 Å². The molecule has 1 rings (SSSR count). The van der Waals surface area contributed by atoms with Crippen molar-refractivity contribution in [3.63, 3.8) is 0 Å². The highest BCUT2D eigenvalue weighted by Gasteiger charge is 2.13. The van der Waals surface area contributed by atoms with Crippen LogP contribution >= 0.6 is 0 Å². The van der Waals surface area contributed by atoms with Gasteiger partial charge in [-0.15, -0.1) is 0 Å². The van der Waals surface area contributed by atoms with Gasteiger partial charge in [0.05, 0.1) is 6.61 Å². The second kappa shape index (κ2) is 6.07. The zero-order chi connectivity index (χ0) is 12.0. The first-order valence-electron chi connectivity index (χ1n) is 5.27. The third kappa shape index (κ3) is 3.20. The minimum Gasteiger partial charge on any atom is -0.462 e. The average molecular weight is 223 g/mol. The molecule has 5 nitrogen and oxygen atoms in total. The van der Waals surface area contributed by atoms with Gasteiger partial charge in [0.25, 0.3) is 0 Å². The lowest BCUT2D eigenvalue weighted by Crippen LogP contribution is -2.26. The second-order valence-electron chi connectivity index (χ2n) is 3.40. The topological polar surface area (TPSA) is 77.2 Å². The predicted molar refractivity (Wildman–Crippen MR) is 62.3 cm³/mol. The highest BCUT2D eigenvalue weighted by Crippen LogP contribution is 2.13. The molecule has 1 heterocycles. The fraction of sp³-hybridized carbons (Fsp3) is 0.455. The van der Waals surface area contributed by atoms with Crippen molar-refractivity contribution in [3.05, 3.63) is 23.9 Å². The van der Waals surface area contributed by atoms with Gasteiger partial charge in [0.1, 0.15) is 11.4 Å². The Morgan fingerprint density at radius 3 is 3.06 bits per heavy atom. The van der Waals surface area contributed by atoms with Crippen LogP contribution in [0.1, 0.15) is 24.2 Å². The SMILES string of the molecule is CCOC(=O)c1cccnc1NC(C)CN. The van der Waals surface area contributed by atoms with Crippen molar-refractivity contribution in [1.82, 2.24) is 4.98 Å². The summed E-state index contributed by atoms with van der Waals surface area (Å²) in [4.78, 5) is 15.7. The molecule has 1 atom stereocenters. The molecular formula is C11H17N3O2. The number of aromatic nitrogens is 1. The van der Waals surface area contributed by atoms with E-state index in [-0.39, 0.29) is 12.0 Å². The molecule has 0 saturated carbocycles. The first-order valence-corrected chi connectivity index (χ1v) is 5.27. The third-order valence-electron chi connectivity index (χ3n) is 2.04. The van der Waals surface area contributed by atoms with Crippen LogP contribution in [0.15, 0.2) is 18.3 Å². The second-order valence-corrected chi connectivity index (χ2v) is 3.40. The Morgan fingerprint density at radius 1 is 1.69 bits per heavy atom. The standard InChI is InChI=1S/C11H17N3O2/c1-3-16-11(15)9-5-4-6-13-10(9)14-8(2)7-12/h4-6,8H,3,7,12H2,1-2H3,(H,13,14). The fourth-order valence-corrected chi connectivity index (χ4v) is 1.19. The van der Waals surface area contributed by atoms with Crippen LogP contribution in [0.4, 0.5) is 5.82 Å². The van der Waals surface area contributed by atoms with Gasteiger partial charge >= 0.3 is 5.97 Å². The van der Waals surface area contributed by atoms with Crippen molar-refractivity contribution in [3.8, 4) is 0 Å². The van der Waals surface area contributed by atoms with Gasteiger partial charge < -0.3 is 15.8 Å². The van der Waals surface area contributed by atoms with E-state index < -0.39 is 0 Å². The number of nitrogens with two attached hydrogens (primary N) is 1. The van der Waals surface area contributed by atoms with E-state index in [2.05, 4.69) is 10.3 Å². The smallest absolute Gasteiger partial charge is 0.341 e. The lowest BCUT2D eigenvalue weighted by atomic mass is 10.2. The number of esters is 1. The first kappa shape index (κ1) is 12.4. The summed E-state index contributed by atoms with van der Waals surface area (Å²) >= 11 is 0. The molecule has 0 aliphatic rings. The monoisotopic (exact) mass is 223 g/mol. The Kier molecular flexibility index (Phi) is 4.72. The van der Waals surface area contributed by atoms with Crippen LogP contribution in [0.2, 0.25) is 0 Å². The summed E-state index contributed by atoms with van der Waals surface area (Å²) in [6, 6.07) is 3.43. The number of pyridine rings is 1. The molecule has 88 valence electrons. The molecule has 0 aliphatic carbocycles. The number of hydrogen-bond donors (Lipinski definition) is 2. The van der Waals surface area contributed by atoms with Gasteiger partial charge in [-0.3, -0.25) is 0 Å². The van der Waals surface area contributed by atoms with Crippen LogP contribution in [-0.4, -0.2) is 30.1 Å². The Balaban J connectivity index is 2.87. The summed E-state index contributed by atoms with van der Waals surface area (Å²) in [5, 5.41) is 3.06. The van der Waals surface area contributed by atoms with E-state index in [0.29, 0.717) is 24.5 Å². The molecule has 1 aromatic heterocycles. The molecule has 0 aliphatic heterocycles. The van der Waals surface area contributed by atoms with Crippen LogP contribution in [-0.2, 0) is 4.74 Å². The van der Waals surface area contributed by atoms with Gasteiger partial charge in [-0.1, -0.05) is 0 Å². The lowest BCUT2D eigenvalue weighted by Gasteiger charge is -2.14.